The Kier molecular flexibility index (Phi) is 3.83. The zero-order valence-corrected chi connectivity index (χ0v) is 7.48. The summed E-state index contributed by atoms with van der Waals surface area (Å²) in [6, 6.07) is 1.22. The van der Waals surface area contributed by atoms with Gasteiger partial charge in [0.25, 0.3) is 0 Å². The van der Waals surface area contributed by atoms with Crippen LogP contribution in [0, 0.1) is 0 Å². The molecule has 0 radical (unpaired) electrons. The molecule has 1 heterocycles. The summed E-state index contributed by atoms with van der Waals surface area (Å²) in [6.45, 7) is 5.52. The van der Waals surface area contributed by atoms with Crippen molar-refractivity contribution in [1.82, 2.24) is 16.0 Å². The third-order valence-corrected chi connectivity index (χ3v) is 2.37. The molecular formula is C8H19N3. The lowest BCUT2D eigenvalue weighted by Crippen LogP contribution is -2.57. The summed E-state index contributed by atoms with van der Waals surface area (Å²) in [5.41, 5.74) is 0. The van der Waals surface area contributed by atoms with E-state index in [0.717, 1.165) is 19.6 Å². The second-order valence-corrected chi connectivity index (χ2v) is 3.07. The number of piperazine rings is 1. The summed E-state index contributed by atoms with van der Waals surface area (Å²) in [5, 5.41) is 10.2. The van der Waals surface area contributed by atoms with E-state index >= 15 is 0 Å². The van der Waals surface area contributed by atoms with E-state index in [0.29, 0.717) is 12.1 Å². The Morgan fingerprint density at radius 2 is 2.36 bits per heavy atom. The summed E-state index contributed by atoms with van der Waals surface area (Å²) in [7, 11) is 2.03. The average molecular weight is 157 g/mol. The van der Waals surface area contributed by atoms with Crippen molar-refractivity contribution in [3.8, 4) is 0 Å². The summed E-state index contributed by atoms with van der Waals surface area (Å²) in [4.78, 5) is 0. The molecule has 0 aromatic carbocycles. The fraction of sp³-hybridized carbons (Fsp3) is 1.00. The van der Waals surface area contributed by atoms with E-state index in [-0.39, 0.29) is 0 Å². The minimum absolute atomic E-state index is 0.610. The first kappa shape index (κ1) is 8.97. The summed E-state index contributed by atoms with van der Waals surface area (Å²) in [6.07, 6.45) is 1.19. The Balaban J connectivity index is 2.30. The molecule has 1 fully saturated rings. The maximum Gasteiger partial charge on any atom is 0.0346 e. The molecule has 0 amide bonds. The second kappa shape index (κ2) is 4.70. The van der Waals surface area contributed by atoms with Gasteiger partial charge in [-0.15, -0.1) is 0 Å². The number of hydrogen-bond donors (Lipinski definition) is 3. The van der Waals surface area contributed by atoms with Gasteiger partial charge in [0.1, 0.15) is 0 Å². The van der Waals surface area contributed by atoms with Gasteiger partial charge in [-0.05, 0) is 13.5 Å². The summed E-state index contributed by atoms with van der Waals surface area (Å²) < 4.78 is 0. The van der Waals surface area contributed by atoms with Crippen LogP contribution in [0.4, 0.5) is 0 Å². The molecule has 0 aliphatic carbocycles. The number of likely N-dealkylation sites (N-methyl/N-ethyl adjacent to an activating group) is 1. The SMILES string of the molecule is CCC(NC)C1CNCCN1. The lowest BCUT2D eigenvalue weighted by Gasteiger charge is -2.31. The van der Waals surface area contributed by atoms with E-state index < -0.39 is 0 Å². The van der Waals surface area contributed by atoms with Gasteiger partial charge in [0.15, 0.2) is 0 Å². The first-order valence-electron chi connectivity index (χ1n) is 4.49. The monoisotopic (exact) mass is 157 g/mol. The molecular weight excluding hydrogens is 138 g/mol. The van der Waals surface area contributed by atoms with Gasteiger partial charge in [-0.25, -0.2) is 0 Å². The topological polar surface area (TPSA) is 36.1 Å². The van der Waals surface area contributed by atoms with Gasteiger partial charge in [-0.2, -0.15) is 0 Å². The third kappa shape index (κ3) is 2.43. The fourth-order valence-electron chi connectivity index (χ4n) is 1.65. The smallest absolute Gasteiger partial charge is 0.0346 e. The van der Waals surface area contributed by atoms with Gasteiger partial charge in [0.2, 0.25) is 0 Å². The van der Waals surface area contributed by atoms with Crippen molar-refractivity contribution in [3.63, 3.8) is 0 Å². The molecule has 0 aromatic heterocycles. The van der Waals surface area contributed by atoms with Crippen molar-refractivity contribution in [2.45, 2.75) is 25.4 Å². The third-order valence-electron chi connectivity index (χ3n) is 2.37. The van der Waals surface area contributed by atoms with Crippen molar-refractivity contribution in [3.05, 3.63) is 0 Å². The van der Waals surface area contributed by atoms with Crippen molar-refractivity contribution < 1.29 is 0 Å². The highest BCUT2D eigenvalue weighted by Gasteiger charge is 2.19. The first-order valence-corrected chi connectivity index (χ1v) is 4.49. The van der Waals surface area contributed by atoms with Crippen molar-refractivity contribution in [2.24, 2.45) is 0 Å². The van der Waals surface area contributed by atoms with E-state index in [9.17, 15) is 0 Å². The molecule has 3 N–H and O–H groups in total. The summed E-state index contributed by atoms with van der Waals surface area (Å²) >= 11 is 0. The number of nitrogens with one attached hydrogen (secondary N) is 3. The average Bonchev–Trinajstić information content (AvgIpc) is 2.09. The number of hydrogen-bond acceptors (Lipinski definition) is 3. The van der Waals surface area contributed by atoms with Gasteiger partial charge >= 0.3 is 0 Å². The van der Waals surface area contributed by atoms with Crippen molar-refractivity contribution in [2.75, 3.05) is 26.7 Å². The minimum atomic E-state index is 0.610. The Morgan fingerprint density at radius 1 is 1.55 bits per heavy atom. The lowest BCUT2D eigenvalue weighted by atomic mass is 10.0. The van der Waals surface area contributed by atoms with Crippen LogP contribution in [0.15, 0.2) is 0 Å². The van der Waals surface area contributed by atoms with E-state index in [2.05, 4.69) is 22.9 Å². The first-order chi connectivity index (χ1) is 5.38. The van der Waals surface area contributed by atoms with Crippen LogP contribution in [0.5, 0.6) is 0 Å². The van der Waals surface area contributed by atoms with Crippen LogP contribution in [0.2, 0.25) is 0 Å². The van der Waals surface area contributed by atoms with Gasteiger partial charge in [-0.1, -0.05) is 6.92 Å². The minimum Gasteiger partial charge on any atom is -0.315 e. The molecule has 0 bridgehead atoms. The van der Waals surface area contributed by atoms with E-state index in [1.807, 2.05) is 7.05 Å². The molecule has 2 atom stereocenters. The van der Waals surface area contributed by atoms with Crippen LogP contribution in [-0.2, 0) is 0 Å². The molecule has 1 rings (SSSR count). The molecule has 0 saturated carbocycles. The molecule has 0 aromatic rings. The Morgan fingerprint density at radius 3 is 2.82 bits per heavy atom. The Hall–Kier alpha value is -0.120. The van der Waals surface area contributed by atoms with Crippen molar-refractivity contribution >= 4 is 0 Å². The maximum absolute atomic E-state index is 3.50. The van der Waals surface area contributed by atoms with Crippen LogP contribution >= 0.6 is 0 Å². The van der Waals surface area contributed by atoms with E-state index in [1.54, 1.807) is 0 Å². The molecule has 1 aliphatic heterocycles. The normalized spacial score (nSPS) is 28.4. The zero-order valence-electron chi connectivity index (χ0n) is 7.48. The maximum atomic E-state index is 3.50. The highest BCUT2D eigenvalue weighted by molar-refractivity contribution is 4.85. The van der Waals surface area contributed by atoms with E-state index in [1.165, 1.54) is 6.42 Å². The molecule has 0 spiro atoms. The van der Waals surface area contributed by atoms with Crippen LogP contribution < -0.4 is 16.0 Å². The molecule has 2 unspecified atom stereocenters. The van der Waals surface area contributed by atoms with Crippen LogP contribution in [0.3, 0.4) is 0 Å². The van der Waals surface area contributed by atoms with Gasteiger partial charge in [0, 0.05) is 31.7 Å². The van der Waals surface area contributed by atoms with Gasteiger partial charge in [-0.3, -0.25) is 0 Å². The van der Waals surface area contributed by atoms with Crippen LogP contribution in [-0.4, -0.2) is 38.8 Å². The summed E-state index contributed by atoms with van der Waals surface area (Å²) in [5.74, 6) is 0. The Bertz CT molecular complexity index is 95.5. The van der Waals surface area contributed by atoms with E-state index in [4.69, 9.17) is 0 Å². The van der Waals surface area contributed by atoms with Crippen molar-refractivity contribution in [1.29, 1.82) is 0 Å². The largest absolute Gasteiger partial charge is 0.315 e. The molecule has 1 aliphatic rings. The number of rotatable bonds is 3. The molecule has 66 valence electrons. The lowest BCUT2D eigenvalue weighted by molar-refractivity contribution is 0.330. The molecule has 11 heavy (non-hydrogen) atoms. The van der Waals surface area contributed by atoms with Gasteiger partial charge < -0.3 is 16.0 Å². The zero-order chi connectivity index (χ0) is 8.10. The Labute approximate surface area is 68.9 Å². The van der Waals surface area contributed by atoms with Crippen LogP contribution in [0.1, 0.15) is 13.3 Å². The standard InChI is InChI=1S/C8H19N3/c1-3-7(9-2)8-6-10-4-5-11-8/h7-11H,3-6H2,1-2H3. The quantitative estimate of drug-likeness (QED) is 0.519. The predicted molar refractivity (Wildman–Crippen MR) is 47.8 cm³/mol. The highest BCUT2D eigenvalue weighted by Crippen LogP contribution is 1.99. The fourth-order valence-corrected chi connectivity index (χ4v) is 1.65. The molecule has 1 saturated heterocycles. The predicted octanol–water partition coefficient (Wildman–Crippen LogP) is -0.454. The molecule has 3 heteroatoms. The molecule has 3 nitrogen and oxygen atoms in total. The van der Waals surface area contributed by atoms with Gasteiger partial charge in [0.05, 0.1) is 0 Å². The highest BCUT2D eigenvalue weighted by atomic mass is 15.1. The van der Waals surface area contributed by atoms with Crippen LogP contribution in [0.25, 0.3) is 0 Å². The second-order valence-electron chi connectivity index (χ2n) is 3.07.